The Bertz CT molecular complexity index is 1110. The number of rotatable bonds is 6. The summed E-state index contributed by atoms with van der Waals surface area (Å²) in [6, 6.07) is 8.14. The number of nitrogens with zero attached hydrogens (tertiary/aromatic N) is 3. The summed E-state index contributed by atoms with van der Waals surface area (Å²) in [5, 5.41) is 2.31. The minimum Gasteiger partial charge on any atom is -0.497 e. The molecule has 0 aliphatic rings. The predicted octanol–water partition coefficient (Wildman–Crippen LogP) is 5.48. The van der Waals surface area contributed by atoms with Gasteiger partial charge in [0.15, 0.2) is 0 Å². The Morgan fingerprint density at radius 3 is 2.58 bits per heavy atom. The second-order valence-electron chi connectivity index (χ2n) is 6.28. The van der Waals surface area contributed by atoms with E-state index in [1.807, 2.05) is 24.3 Å². The molecule has 2 aromatic heterocycles. The Hall–Kier alpha value is -2.98. The summed E-state index contributed by atoms with van der Waals surface area (Å²) in [5.74, 6) is -0.145. The van der Waals surface area contributed by atoms with Crippen molar-refractivity contribution in [3.8, 4) is 5.75 Å². The SMILES string of the molecule is COc1ccc(CN=C(C)c2ncc(C(=O)Nc3cc(C(F)(F)F)c(Cl)cn3)s2)cc1. The van der Waals surface area contributed by atoms with Crippen molar-refractivity contribution in [2.24, 2.45) is 4.99 Å². The molecular formula is C20H16ClF3N4O2S. The molecule has 3 rings (SSSR count). The number of methoxy groups -OCH3 is 1. The average molecular weight is 469 g/mol. The molecule has 1 N–H and O–H groups in total. The fraction of sp³-hybridized carbons (Fsp3) is 0.200. The number of aromatic nitrogens is 2. The second kappa shape index (κ2) is 9.44. The van der Waals surface area contributed by atoms with E-state index < -0.39 is 22.7 Å². The van der Waals surface area contributed by atoms with Crippen LogP contribution in [0.5, 0.6) is 5.75 Å². The highest BCUT2D eigenvalue weighted by atomic mass is 35.5. The van der Waals surface area contributed by atoms with Gasteiger partial charge < -0.3 is 10.1 Å². The third-order valence-electron chi connectivity index (χ3n) is 4.10. The van der Waals surface area contributed by atoms with Crippen LogP contribution >= 0.6 is 22.9 Å². The first-order valence-electron chi connectivity index (χ1n) is 8.81. The van der Waals surface area contributed by atoms with Crippen LogP contribution in [-0.2, 0) is 12.7 Å². The molecule has 31 heavy (non-hydrogen) atoms. The molecule has 0 radical (unpaired) electrons. The summed E-state index contributed by atoms with van der Waals surface area (Å²) in [5.41, 5.74) is 0.527. The Morgan fingerprint density at radius 2 is 1.94 bits per heavy atom. The van der Waals surface area contributed by atoms with Gasteiger partial charge in [0.05, 0.1) is 36.1 Å². The van der Waals surface area contributed by atoms with Gasteiger partial charge in [-0.25, -0.2) is 9.97 Å². The van der Waals surface area contributed by atoms with E-state index in [4.69, 9.17) is 16.3 Å². The van der Waals surface area contributed by atoms with Crippen molar-refractivity contribution in [3.63, 3.8) is 0 Å². The topological polar surface area (TPSA) is 76.5 Å². The summed E-state index contributed by atoms with van der Waals surface area (Å²) in [4.78, 5) is 25.0. The van der Waals surface area contributed by atoms with E-state index in [2.05, 4.69) is 20.3 Å². The molecule has 162 valence electrons. The van der Waals surface area contributed by atoms with Crippen molar-refractivity contribution >= 4 is 40.4 Å². The summed E-state index contributed by atoms with van der Waals surface area (Å²) in [6.07, 6.45) is -2.48. The lowest BCUT2D eigenvalue weighted by atomic mass is 10.2. The first-order valence-corrected chi connectivity index (χ1v) is 10.0. The largest absolute Gasteiger partial charge is 0.497 e. The number of amides is 1. The van der Waals surface area contributed by atoms with Gasteiger partial charge in [-0.05, 0) is 30.7 Å². The van der Waals surface area contributed by atoms with Crippen molar-refractivity contribution in [3.05, 3.63) is 68.8 Å². The van der Waals surface area contributed by atoms with E-state index >= 15 is 0 Å². The van der Waals surface area contributed by atoms with E-state index in [1.54, 1.807) is 14.0 Å². The lowest BCUT2D eigenvalue weighted by Gasteiger charge is -2.10. The van der Waals surface area contributed by atoms with Crippen LogP contribution in [0.3, 0.4) is 0 Å². The lowest BCUT2D eigenvalue weighted by Crippen LogP contribution is -2.13. The minimum absolute atomic E-state index is 0.208. The predicted molar refractivity (Wildman–Crippen MR) is 113 cm³/mol. The number of halogens is 4. The van der Waals surface area contributed by atoms with Gasteiger partial charge in [-0.15, -0.1) is 11.3 Å². The van der Waals surface area contributed by atoms with Gasteiger partial charge in [0.25, 0.3) is 5.91 Å². The van der Waals surface area contributed by atoms with Gasteiger partial charge >= 0.3 is 6.18 Å². The molecular weight excluding hydrogens is 453 g/mol. The second-order valence-corrected chi connectivity index (χ2v) is 7.72. The molecule has 0 bridgehead atoms. The summed E-state index contributed by atoms with van der Waals surface area (Å²) >= 11 is 6.61. The molecule has 0 aliphatic heterocycles. The molecule has 3 aromatic rings. The summed E-state index contributed by atoms with van der Waals surface area (Å²) in [7, 11) is 1.59. The number of pyridine rings is 1. The zero-order chi connectivity index (χ0) is 22.6. The van der Waals surface area contributed by atoms with E-state index in [0.29, 0.717) is 23.3 Å². The van der Waals surface area contributed by atoms with Crippen molar-refractivity contribution in [1.29, 1.82) is 0 Å². The number of hydrogen-bond donors (Lipinski definition) is 1. The fourth-order valence-electron chi connectivity index (χ4n) is 2.46. The number of alkyl halides is 3. The van der Waals surface area contributed by atoms with Gasteiger partial charge in [-0.3, -0.25) is 9.79 Å². The van der Waals surface area contributed by atoms with E-state index in [9.17, 15) is 18.0 Å². The Balaban J connectivity index is 1.69. The number of aliphatic imine (C=N–C) groups is 1. The van der Waals surface area contributed by atoms with Crippen LogP contribution in [0.25, 0.3) is 0 Å². The van der Waals surface area contributed by atoms with Crippen LogP contribution in [0, 0.1) is 0 Å². The molecule has 0 saturated carbocycles. The van der Waals surface area contributed by atoms with Crippen LogP contribution < -0.4 is 10.1 Å². The van der Waals surface area contributed by atoms with Gasteiger partial charge in [-0.2, -0.15) is 13.2 Å². The molecule has 0 spiro atoms. The normalized spacial score (nSPS) is 12.0. The highest BCUT2D eigenvalue weighted by Crippen LogP contribution is 2.35. The van der Waals surface area contributed by atoms with Crippen LogP contribution in [-0.4, -0.2) is 28.7 Å². The van der Waals surface area contributed by atoms with Crippen LogP contribution in [0.15, 0.2) is 47.7 Å². The zero-order valence-electron chi connectivity index (χ0n) is 16.3. The van der Waals surface area contributed by atoms with E-state index in [-0.39, 0.29) is 10.7 Å². The number of benzene rings is 1. The molecule has 0 saturated heterocycles. The number of hydrogen-bond acceptors (Lipinski definition) is 6. The average Bonchev–Trinajstić information content (AvgIpc) is 3.23. The molecule has 1 aromatic carbocycles. The maximum Gasteiger partial charge on any atom is 0.418 e. The van der Waals surface area contributed by atoms with Gasteiger partial charge in [-0.1, -0.05) is 23.7 Å². The maximum atomic E-state index is 13.0. The molecule has 0 fully saturated rings. The molecule has 6 nitrogen and oxygen atoms in total. The maximum absolute atomic E-state index is 13.0. The Morgan fingerprint density at radius 1 is 1.23 bits per heavy atom. The van der Waals surface area contributed by atoms with Crippen molar-refractivity contribution < 1.29 is 22.7 Å². The highest BCUT2D eigenvalue weighted by Gasteiger charge is 2.34. The third-order valence-corrected chi connectivity index (χ3v) is 5.51. The lowest BCUT2D eigenvalue weighted by molar-refractivity contribution is -0.137. The van der Waals surface area contributed by atoms with Crippen LogP contribution in [0.4, 0.5) is 19.0 Å². The van der Waals surface area contributed by atoms with Crippen LogP contribution in [0.2, 0.25) is 5.02 Å². The number of anilines is 1. The first kappa shape index (κ1) is 22.7. The number of ether oxygens (including phenoxy) is 1. The fourth-order valence-corrected chi connectivity index (χ4v) is 3.44. The zero-order valence-corrected chi connectivity index (χ0v) is 17.9. The van der Waals surface area contributed by atoms with Crippen LogP contribution in [0.1, 0.15) is 32.7 Å². The van der Waals surface area contributed by atoms with Gasteiger partial charge in [0.1, 0.15) is 21.5 Å². The Kier molecular flexibility index (Phi) is 6.91. The monoisotopic (exact) mass is 468 g/mol. The number of carbonyl (C=O) groups is 1. The number of thiazole rings is 1. The van der Waals surface area contributed by atoms with Crippen molar-refractivity contribution in [2.75, 3.05) is 12.4 Å². The first-order chi connectivity index (χ1) is 14.7. The Labute approximate surface area is 184 Å². The smallest absolute Gasteiger partial charge is 0.418 e. The molecule has 1 amide bonds. The van der Waals surface area contributed by atoms with Crippen molar-refractivity contribution in [2.45, 2.75) is 19.6 Å². The minimum atomic E-state index is -4.66. The number of nitrogens with one attached hydrogen (secondary N) is 1. The van der Waals surface area contributed by atoms with E-state index in [1.165, 1.54) is 6.20 Å². The molecule has 0 aliphatic carbocycles. The summed E-state index contributed by atoms with van der Waals surface area (Å²) < 4.78 is 44.0. The van der Waals surface area contributed by atoms with Crippen molar-refractivity contribution in [1.82, 2.24) is 9.97 Å². The number of carbonyl (C=O) groups excluding carboxylic acids is 1. The molecule has 0 atom stereocenters. The highest BCUT2D eigenvalue weighted by molar-refractivity contribution is 7.15. The quantitative estimate of drug-likeness (QED) is 0.486. The van der Waals surface area contributed by atoms with Gasteiger partial charge in [0, 0.05) is 6.20 Å². The molecule has 2 heterocycles. The van der Waals surface area contributed by atoms with E-state index in [0.717, 1.165) is 28.8 Å². The molecule has 11 heteroatoms. The van der Waals surface area contributed by atoms with Gasteiger partial charge in [0.2, 0.25) is 0 Å². The summed E-state index contributed by atoms with van der Waals surface area (Å²) in [6.45, 7) is 2.19. The molecule has 0 unspecified atom stereocenters. The standard InChI is InChI=1S/C20H16ClF3N4O2S/c1-11(25-8-12-3-5-13(30-2)6-4-12)19-27-10-16(31-19)18(29)28-17-7-14(20(22,23)24)15(21)9-26-17/h3-7,9-10H,8H2,1-2H3,(H,26,28,29). The third kappa shape index (κ3) is 5.80.